The summed E-state index contributed by atoms with van der Waals surface area (Å²) >= 11 is 0. The molecule has 76 valence electrons. The third kappa shape index (κ3) is 2.00. The van der Waals surface area contributed by atoms with Gasteiger partial charge in [0.25, 0.3) is 0 Å². The van der Waals surface area contributed by atoms with Crippen molar-refractivity contribution < 1.29 is 4.74 Å². The molecule has 0 aromatic heterocycles. The lowest BCUT2D eigenvalue weighted by molar-refractivity contribution is 0.209. The van der Waals surface area contributed by atoms with E-state index in [0.29, 0.717) is 6.10 Å². The van der Waals surface area contributed by atoms with Crippen molar-refractivity contribution in [3.05, 3.63) is 23.8 Å². The molecule has 0 aliphatic heterocycles. The van der Waals surface area contributed by atoms with E-state index in [0.717, 1.165) is 11.4 Å². The fraction of sp³-hybridized carbons (Fsp3) is 0.500. The van der Waals surface area contributed by atoms with Crippen molar-refractivity contribution in [3.8, 4) is 5.75 Å². The number of hydrogen-bond acceptors (Lipinski definition) is 2. The lowest BCUT2D eigenvalue weighted by atomic mass is 10.2. The van der Waals surface area contributed by atoms with Gasteiger partial charge in [0.15, 0.2) is 0 Å². The van der Waals surface area contributed by atoms with E-state index >= 15 is 0 Å². The zero-order valence-corrected chi connectivity index (χ0v) is 8.62. The van der Waals surface area contributed by atoms with Gasteiger partial charge in [-0.05, 0) is 44.2 Å². The highest BCUT2D eigenvalue weighted by Gasteiger charge is 2.17. The summed E-state index contributed by atoms with van der Waals surface area (Å²) in [6.45, 7) is 2.06. The van der Waals surface area contributed by atoms with Crippen LogP contribution in [0.4, 0.5) is 5.69 Å². The Labute approximate surface area is 85.1 Å². The minimum atomic E-state index is 0.412. The second-order valence-corrected chi connectivity index (χ2v) is 4.05. The maximum absolute atomic E-state index is 5.91. The molecular formula is C12H17NO. The molecule has 0 unspecified atom stereocenters. The second kappa shape index (κ2) is 3.91. The lowest BCUT2D eigenvalue weighted by Crippen LogP contribution is -2.11. The molecule has 1 aromatic rings. The predicted molar refractivity (Wildman–Crippen MR) is 58.5 cm³/mol. The number of aryl methyl sites for hydroxylation is 1. The Kier molecular flexibility index (Phi) is 2.62. The van der Waals surface area contributed by atoms with Gasteiger partial charge in [-0.2, -0.15) is 0 Å². The summed E-state index contributed by atoms with van der Waals surface area (Å²) in [5.74, 6) is 0.955. The zero-order chi connectivity index (χ0) is 9.97. The van der Waals surface area contributed by atoms with Crippen LogP contribution in [0, 0.1) is 6.92 Å². The Hall–Kier alpha value is -1.18. The van der Waals surface area contributed by atoms with E-state index in [4.69, 9.17) is 10.5 Å². The summed E-state index contributed by atoms with van der Waals surface area (Å²) in [5.41, 5.74) is 7.68. The van der Waals surface area contributed by atoms with Crippen LogP contribution in [-0.2, 0) is 0 Å². The van der Waals surface area contributed by atoms with E-state index in [9.17, 15) is 0 Å². The summed E-state index contributed by atoms with van der Waals surface area (Å²) in [5, 5.41) is 0. The molecule has 0 bridgehead atoms. The van der Waals surface area contributed by atoms with Gasteiger partial charge in [-0.15, -0.1) is 0 Å². The highest BCUT2D eigenvalue weighted by molar-refractivity contribution is 5.48. The molecule has 14 heavy (non-hydrogen) atoms. The van der Waals surface area contributed by atoms with Gasteiger partial charge in [0.2, 0.25) is 0 Å². The maximum atomic E-state index is 5.91. The van der Waals surface area contributed by atoms with Crippen molar-refractivity contribution in [3.63, 3.8) is 0 Å². The molecule has 1 saturated carbocycles. The Morgan fingerprint density at radius 1 is 1.29 bits per heavy atom. The third-order valence-corrected chi connectivity index (χ3v) is 2.81. The fourth-order valence-corrected chi connectivity index (χ4v) is 1.93. The average Bonchev–Trinajstić information content (AvgIpc) is 2.64. The SMILES string of the molecule is Cc1ccc(N)cc1OC1CCCC1. The largest absolute Gasteiger partial charge is 0.490 e. The first kappa shape index (κ1) is 9.38. The molecule has 0 radical (unpaired) electrons. The summed E-state index contributed by atoms with van der Waals surface area (Å²) in [7, 11) is 0. The normalized spacial score (nSPS) is 17.2. The molecule has 2 rings (SSSR count). The van der Waals surface area contributed by atoms with Gasteiger partial charge in [-0.25, -0.2) is 0 Å². The maximum Gasteiger partial charge on any atom is 0.124 e. The van der Waals surface area contributed by atoms with Gasteiger partial charge in [0.05, 0.1) is 6.10 Å². The van der Waals surface area contributed by atoms with Crippen molar-refractivity contribution in [2.45, 2.75) is 38.7 Å². The van der Waals surface area contributed by atoms with Crippen LogP contribution in [0.25, 0.3) is 0 Å². The van der Waals surface area contributed by atoms with Crippen LogP contribution in [0.5, 0.6) is 5.75 Å². The molecule has 0 heterocycles. The summed E-state index contributed by atoms with van der Waals surface area (Å²) in [4.78, 5) is 0. The molecule has 1 aliphatic rings. The van der Waals surface area contributed by atoms with Gasteiger partial charge in [-0.1, -0.05) is 6.07 Å². The molecule has 1 fully saturated rings. The predicted octanol–water partition coefficient (Wildman–Crippen LogP) is 2.90. The Morgan fingerprint density at radius 3 is 2.71 bits per heavy atom. The lowest BCUT2D eigenvalue weighted by Gasteiger charge is -2.15. The number of rotatable bonds is 2. The average molecular weight is 191 g/mol. The Morgan fingerprint density at radius 2 is 2.00 bits per heavy atom. The fourth-order valence-electron chi connectivity index (χ4n) is 1.93. The topological polar surface area (TPSA) is 35.2 Å². The first-order valence-corrected chi connectivity index (χ1v) is 5.28. The van der Waals surface area contributed by atoms with E-state index in [1.165, 1.54) is 31.2 Å². The summed E-state index contributed by atoms with van der Waals surface area (Å²) in [6.07, 6.45) is 5.39. The van der Waals surface area contributed by atoms with Crippen LogP contribution in [-0.4, -0.2) is 6.10 Å². The van der Waals surface area contributed by atoms with Gasteiger partial charge < -0.3 is 10.5 Å². The summed E-state index contributed by atoms with van der Waals surface area (Å²) in [6, 6.07) is 5.85. The number of nitrogen functional groups attached to an aromatic ring is 1. The number of anilines is 1. The Bertz CT molecular complexity index is 316. The van der Waals surface area contributed by atoms with E-state index < -0.39 is 0 Å². The molecular weight excluding hydrogens is 174 g/mol. The minimum absolute atomic E-state index is 0.412. The van der Waals surface area contributed by atoms with Crippen LogP contribution in [0.2, 0.25) is 0 Å². The van der Waals surface area contributed by atoms with Gasteiger partial charge in [0, 0.05) is 11.8 Å². The van der Waals surface area contributed by atoms with Crippen LogP contribution in [0.1, 0.15) is 31.2 Å². The van der Waals surface area contributed by atoms with E-state index in [2.05, 4.69) is 6.92 Å². The molecule has 1 aliphatic carbocycles. The molecule has 2 heteroatoms. The van der Waals surface area contributed by atoms with Gasteiger partial charge in [0.1, 0.15) is 5.75 Å². The zero-order valence-electron chi connectivity index (χ0n) is 8.62. The molecule has 1 aromatic carbocycles. The van der Waals surface area contributed by atoms with Crippen LogP contribution < -0.4 is 10.5 Å². The number of benzene rings is 1. The number of hydrogen-bond donors (Lipinski definition) is 1. The second-order valence-electron chi connectivity index (χ2n) is 4.05. The first-order chi connectivity index (χ1) is 6.75. The Balaban J connectivity index is 2.10. The number of nitrogens with two attached hydrogens (primary N) is 1. The van der Waals surface area contributed by atoms with Crippen molar-refractivity contribution in [1.29, 1.82) is 0 Å². The smallest absolute Gasteiger partial charge is 0.124 e. The first-order valence-electron chi connectivity index (χ1n) is 5.28. The highest BCUT2D eigenvalue weighted by Crippen LogP contribution is 2.27. The van der Waals surface area contributed by atoms with Gasteiger partial charge >= 0.3 is 0 Å². The van der Waals surface area contributed by atoms with Crippen molar-refractivity contribution in [1.82, 2.24) is 0 Å². The van der Waals surface area contributed by atoms with E-state index in [-0.39, 0.29) is 0 Å². The van der Waals surface area contributed by atoms with E-state index in [1.807, 2.05) is 18.2 Å². The van der Waals surface area contributed by atoms with Crippen molar-refractivity contribution in [2.24, 2.45) is 0 Å². The highest BCUT2D eigenvalue weighted by atomic mass is 16.5. The van der Waals surface area contributed by atoms with Crippen LogP contribution in [0.15, 0.2) is 18.2 Å². The minimum Gasteiger partial charge on any atom is -0.490 e. The van der Waals surface area contributed by atoms with Crippen molar-refractivity contribution >= 4 is 5.69 Å². The number of ether oxygens (including phenoxy) is 1. The molecule has 2 N–H and O–H groups in total. The molecule has 0 saturated heterocycles. The monoisotopic (exact) mass is 191 g/mol. The van der Waals surface area contributed by atoms with Gasteiger partial charge in [-0.3, -0.25) is 0 Å². The van der Waals surface area contributed by atoms with Crippen LogP contribution >= 0.6 is 0 Å². The summed E-state index contributed by atoms with van der Waals surface area (Å²) < 4.78 is 5.91. The molecule has 2 nitrogen and oxygen atoms in total. The van der Waals surface area contributed by atoms with E-state index in [1.54, 1.807) is 0 Å². The third-order valence-electron chi connectivity index (χ3n) is 2.81. The van der Waals surface area contributed by atoms with Crippen LogP contribution in [0.3, 0.4) is 0 Å². The molecule has 0 spiro atoms. The molecule has 0 amide bonds. The van der Waals surface area contributed by atoms with Crippen molar-refractivity contribution in [2.75, 3.05) is 5.73 Å². The molecule has 0 atom stereocenters. The standard InChI is InChI=1S/C12H17NO/c1-9-6-7-10(13)8-12(9)14-11-4-2-3-5-11/h6-8,11H,2-5,13H2,1H3. The quantitative estimate of drug-likeness (QED) is 0.729.